The van der Waals surface area contributed by atoms with Crippen LogP contribution in [-0.4, -0.2) is 29.6 Å². The second-order valence-corrected chi connectivity index (χ2v) is 6.10. The molecule has 1 aromatic rings. The number of hydrogen-bond acceptors (Lipinski definition) is 4. The second kappa shape index (κ2) is 6.33. The third-order valence-corrected chi connectivity index (χ3v) is 3.80. The molecule has 1 saturated carbocycles. The van der Waals surface area contributed by atoms with Gasteiger partial charge >= 0.3 is 0 Å². The van der Waals surface area contributed by atoms with Crippen molar-refractivity contribution >= 4 is 5.95 Å². The summed E-state index contributed by atoms with van der Waals surface area (Å²) in [4.78, 5) is 11.2. The second-order valence-electron chi connectivity index (χ2n) is 6.10. The molecule has 1 aromatic heterocycles. The van der Waals surface area contributed by atoms with Crippen molar-refractivity contribution in [3.8, 4) is 0 Å². The Hall–Kier alpha value is -1.16. The molecule has 106 valence electrons. The van der Waals surface area contributed by atoms with Gasteiger partial charge in [-0.3, -0.25) is 0 Å². The van der Waals surface area contributed by atoms with E-state index < -0.39 is 0 Å². The highest BCUT2D eigenvalue weighted by atomic mass is 15.2. The van der Waals surface area contributed by atoms with Crippen molar-refractivity contribution in [3.63, 3.8) is 0 Å². The van der Waals surface area contributed by atoms with E-state index in [2.05, 4.69) is 48.0 Å². The summed E-state index contributed by atoms with van der Waals surface area (Å²) >= 11 is 0. The predicted molar refractivity (Wildman–Crippen MR) is 79.2 cm³/mol. The summed E-state index contributed by atoms with van der Waals surface area (Å²) in [6.07, 6.45) is 6.57. The van der Waals surface area contributed by atoms with Gasteiger partial charge in [-0.05, 0) is 38.1 Å². The van der Waals surface area contributed by atoms with Crippen molar-refractivity contribution in [2.24, 2.45) is 11.8 Å². The molecule has 1 unspecified atom stereocenters. The van der Waals surface area contributed by atoms with Gasteiger partial charge in [0.1, 0.15) is 0 Å². The SMILES string of the molecule is CC(C)CNCc1cnc(N(C)C(C)C2CC2)nc1. The van der Waals surface area contributed by atoms with Gasteiger partial charge in [0, 0.05) is 37.6 Å². The van der Waals surface area contributed by atoms with Crippen molar-refractivity contribution in [1.29, 1.82) is 0 Å². The number of nitrogens with zero attached hydrogens (tertiary/aromatic N) is 3. The maximum atomic E-state index is 4.48. The van der Waals surface area contributed by atoms with E-state index in [9.17, 15) is 0 Å². The molecule has 0 radical (unpaired) electrons. The van der Waals surface area contributed by atoms with E-state index in [-0.39, 0.29) is 0 Å². The Balaban J connectivity index is 1.86. The van der Waals surface area contributed by atoms with Crippen molar-refractivity contribution in [2.75, 3.05) is 18.5 Å². The molecule has 0 aliphatic heterocycles. The summed E-state index contributed by atoms with van der Waals surface area (Å²) < 4.78 is 0. The highest BCUT2D eigenvalue weighted by Gasteiger charge is 2.31. The normalized spacial score (nSPS) is 16.7. The maximum Gasteiger partial charge on any atom is 0.225 e. The van der Waals surface area contributed by atoms with Gasteiger partial charge in [0.2, 0.25) is 5.95 Å². The summed E-state index contributed by atoms with van der Waals surface area (Å²) in [5.41, 5.74) is 1.15. The minimum atomic E-state index is 0.546. The van der Waals surface area contributed by atoms with Crippen molar-refractivity contribution in [3.05, 3.63) is 18.0 Å². The van der Waals surface area contributed by atoms with Crippen LogP contribution in [0.2, 0.25) is 0 Å². The lowest BCUT2D eigenvalue weighted by molar-refractivity contribution is 0.550. The van der Waals surface area contributed by atoms with Crippen LogP contribution in [-0.2, 0) is 6.54 Å². The van der Waals surface area contributed by atoms with Gasteiger partial charge < -0.3 is 10.2 Å². The molecule has 1 aliphatic rings. The van der Waals surface area contributed by atoms with Crippen LogP contribution < -0.4 is 10.2 Å². The molecule has 1 heterocycles. The third kappa shape index (κ3) is 4.16. The third-order valence-electron chi connectivity index (χ3n) is 3.80. The molecule has 1 aliphatic carbocycles. The number of hydrogen-bond donors (Lipinski definition) is 1. The zero-order chi connectivity index (χ0) is 13.8. The van der Waals surface area contributed by atoms with Crippen LogP contribution in [0.3, 0.4) is 0 Å². The zero-order valence-electron chi connectivity index (χ0n) is 12.6. The average molecular weight is 262 g/mol. The van der Waals surface area contributed by atoms with E-state index >= 15 is 0 Å². The van der Waals surface area contributed by atoms with Gasteiger partial charge in [-0.25, -0.2) is 9.97 Å². The Labute approximate surface area is 116 Å². The van der Waals surface area contributed by atoms with E-state index in [1.54, 1.807) is 0 Å². The van der Waals surface area contributed by atoms with E-state index in [4.69, 9.17) is 0 Å². The zero-order valence-corrected chi connectivity index (χ0v) is 12.6. The molecule has 0 amide bonds. The average Bonchev–Trinajstić information content (AvgIpc) is 3.22. The van der Waals surface area contributed by atoms with Crippen LogP contribution in [0.4, 0.5) is 5.95 Å². The van der Waals surface area contributed by atoms with Gasteiger partial charge in [0.15, 0.2) is 0 Å². The van der Waals surface area contributed by atoms with Gasteiger partial charge in [-0.2, -0.15) is 0 Å². The van der Waals surface area contributed by atoms with Crippen LogP contribution in [0, 0.1) is 11.8 Å². The molecule has 4 heteroatoms. The van der Waals surface area contributed by atoms with Gasteiger partial charge in [-0.1, -0.05) is 13.8 Å². The first-order valence-electron chi connectivity index (χ1n) is 7.32. The van der Waals surface area contributed by atoms with E-state index in [0.29, 0.717) is 12.0 Å². The van der Waals surface area contributed by atoms with Crippen molar-refractivity contribution in [2.45, 2.75) is 46.2 Å². The highest BCUT2D eigenvalue weighted by Crippen LogP contribution is 2.35. The molecule has 1 N–H and O–H groups in total. The summed E-state index contributed by atoms with van der Waals surface area (Å²) in [7, 11) is 2.09. The molecule has 0 bridgehead atoms. The predicted octanol–water partition coefficient (Wildman–Crippen LogP) is 2.46. The lowest BCUT2D eigenvalue weighted by atomic mass is 10.2. The molecule has 4 nitrogen and oxygen atoms in total. The molecule has 0 aromatic carbocycles. The topological polar surface area (TPSA) is 41.1 Å². The van der Waals surface area contributed by atoms with Gasteiger partial charge in [0.25, 0.3) is 0 Å². The minimum Gasteiger partial charge on any atom is -0.341 e. The lowest BCUT2D eigenvalue weighted by Gasteiger charge is -2.24. The smallest absolute Gasteiger partial charge is 0.225 e. The first-order valence-corrected chi connectivity index (χ1v) is 7.32. The highest BCUT2D eigenvalue weighted by molar-refractivity contribution is 5.30. The van der Waals surface area contributed by atoms with E-state index in [1.165, 1.54) is 12.8 Å². The summed E-state index contributed by atoms with van der Waals surface area (Å²) in [5.74, 6) is 2.35. The maximum absolute atomic E-state index is 4.48. The molecule has 19 heavy (non-hydrogen) atoms. The molecule has 1 atom stereocenters. The Morgan fingerprint density at radius 2 is 1.89 bits per heavy atom. The Bertz CT molecular complexity index is 384. The van der Waals surface area contributed by atoms with E-state index in [1.807, 2.05) is 12.4 Å². The van der Waals surface area contributed by atoms with Crippen LogP contribution in [0.1, 0.15) is 39.2 Å². The van der Waals surface area contributed by atoms with Crippen LogP contribution in [0.5, 0.6) is 0 Å². The van der Waals surface area contributed by atoms with E-state index in [0.717, 1.165) is 30.5 Å². The summed E-state index contributed by atoms with van der Waals surface area (Å²) in [6.45, 7) is 8.56. The Morgan fingerprint density at radius 3 is 2.42 bits per heavy atom. The van der Waals surface area contributed by atoms with Crippen LogP contribution in [0.15, 0.2) is 12.4 Å². The summed E-state index contributed by atoms with van der Waals surface area (Å²) in [6, 6.07) is 0.546. The number of anilines is 1. The first-order chi connectivity index (χ1) is 9.08. The monoisotopic (exact) mass is 262 g/mol. The Morgan fingerprint density at radius 1 is 1.26 bits per heavy atom. The molecule has 0 saturated heterocycles. The number of rotatable bonds is 7. The fraction of sp³-hybridized carbons (Fsp3) is 0.733. The first kappa shape index (κ1) is 14.3. The minimum absolute atomic E-state index is 0.546. The Kier molecular flexibility index (Phi) is 4.75. The quantitative estimate of drug-likeness (QED) is 0.819. The van der Waals surface area contributed by atoms with Gasteiger partial charge in [0.05, 0.1) is 0 Å². The lowest BCUT2D eigenvalue weighted by Crippen LogP contribution is -2.32. The van der Waals surface area contributed by atoms with Crippen molar-refractivity contribution in [1.82, 2.24) is 15.3 Å². The standard InChI is InChI=1S/C15H26N4/c1-11(2)7-16-8-13-9-17-15(18-10-13)19(4)12(3)14-5-6-14/h9-12,14,16H,5-8H2,1-4H3. The number of aromatic nitrogens is 2. The van der Waals surface area contributed by atoms with Gasteiger partial charge in [-0.15, -0.1) is 0 Å². The fourth-order valence-corrected chi connectivity index (χ4v) is 2.20. The summed E-state index contributed by atoms with van der Waals surface area (Å²) in [5, 5.41) is 3.41. The molecule has 1 fully saturated rings. The molecular weight excluding hydrogens is 236 g/mol. The fourth-order valence-electron chi connectivity index (χ4n) is 2.20. The largest absolute Gasteiger partial charge is 0.341 e. The van der Waals surface area contributed by atoms with Crippen LogP contribution >= 0.6 is 0 Å². The van der Waals surface area contributed by atoms with Crippen LogP contribution in [0.25, 0.3) is 0 Å². The molecular formula is C15H26N4. The molecule has 2 rings (SSSR count). The van der Waals surface area contributed by atoms with Crippen molar-refractivity contribution < 1.29 is 0 Å². The molecule has 0 spiro atoms. The number of nitrogens with one attached hydrogen (secondary N) is 1.